The first kappa shape index (κ1) is 18.0. The number of nitrogen functional groups attached to an aromatic ring is 1. The van der Waals surface area contributed by atoms with Gasteiger partial charge in [0.1, 0.15) is 12.0 Å². The van der Waals surface area contributed by atoms with Crippen LogP contribution in [0.4, 0.5) is 17.3 Å². The van der Waals surface area contributed by atoms with Crippen molar-refractivity contribution in [2.75, 3.05) is 74.9 Å². The van der Waals surface area contributed by atoms with Crippen LogP contribution >= 0.6 is 0 Å². The van der Waals surface area contributed by atoms with E-state index in [1.807, 2.05) is 0 Å². The van der Waals surface area contributed by atoms with Crippen molar-refractivity contribution >= 4 is 17.3 Å². The van der Waals surface area contributed by atoms with E-state index >= 15 is 0 Å². The van der Waals surface area contributed by atoms with Crippen molar-refractivity contribution in [2.45, 2.75) is 6.54 Å². The number of hydrogen-bond donors (Lipinski definition) is 1. The van der Waals surface area contributed by atoms with Crippen molar-refractivity contribution < 1.29 is 0 Å². The predicted molar refractivity (Wildman–Crippen MR) is 110 cm³/mol. The minimum absolute atomic E-state index is 0.721. The van der Waals surface area contributed by atoms with Gasteiger partial charge in [-0.3, -0.25) is 4.90 Å². The van der Waals surface area contributed by atoms with Gasteiger partial charge in [-0.2, -0.15) is 0 Å². The number of hydrogen-bond acceptors (Lipinski definition) is 7. The van der Waals surface area contributed by atoms with Crippen molar-refractivity contribution in [1.29, 1.82) is 0 Å². The lowest BCUT2D eigenvalue weighted by atomic mass is 10.2. The van der Waals surface area contributed by atoms with Gasteiger partial charge in [0.05, 0.1) is 0 Å². The quantitative estimate of drug-likeness (QED) is 0.869. The molecule has 2 aliphatic heterocycles. The molecule has 2 aliphatic rings. The average Bonchev–Trinajstić information content (AvgIpc) is 2.71. The summed E-state index contributed by atoms with van der Waals surface area (Å²) >= 11 is 0. The van der Waals surface area contributed by atoms with Gasteiger partial charge >= 0.3 is 0 Å². The highest BCUT2D eigenvalue weighted by atomic mass is 15.3. The normalized spacial score (nSPS) is 19.4. The second-order valence-electron chi connectivity index (χ2n) is 7.47. The Morgan fingerprint density at radius 3 is 1.96 bits per heavy atom. The van der Waals surface area contributed by atoms with Crippen molar-refractivity contribution in [3.8, 4) is 0 Å². The van der Waals surface area contributed by atoms with Gasteiger partial charge < -0.3 is 20.4 Å². The van der Waals surface area contributed by atoms with Crippen LogP contribution in [-0.4, -0.2) is 79.2 Å². The summed E-state index contributed by atoms with van der Waals surface area (Å²) in [4.78, 5) is 18.4. The third-order valence-electron chi connectivity index (χ3n) is 5.57. The summed E-state index contributed by atoms with van der Waals surface area (Å²) in [5.41, 5.74) is 8.59. The molecule has 4 rings (SSSR count). The molecule has 0 aliphatic carbocycles. The Morgan fingerprint density at radius 2 is 1.37 bits per heavy atom. The van der Waals surface area contributed by atoms with Gasteiger partial charge in [-0.15, -0.1) is 0 Å². The van der Waals surface area contributed by atoms with Crippen LogP contribution in [0.25, 0.3) is 0 Å². The molecule has 7 heteroatoms. The lowest BCUT2D eigenvalue weighted by Crippen LogP contribution is -2.47. The van der Waals surface area contributed by atoms with Gasteiger partial charge in [-0.25, -0.2) is 9.97 Å². The third-order valence-corrected chi connectivity index (χ3v) is 5.57. The van der Waals surface area contributed by atoms with E-state index < -0.39 is 0 Å². The highest BCUT2D eigenvalue weighted by Crippen LogP contribution is 2.30. The Kier molecular flexibility index (Phi) is 5.40. The lowest BCUT2D eigenvalue weighted by molar-refractivity contribution is 0.249. The summed E-state index contributed by atoms with van der Waals surface area (Å²) in [6.45, 7) is 8.91. The zero-order valence-corrected chi connectivity index (χ0v) is 16.1. The molecule has 1 aromatic heterocycles. The second-order valence-corrected chi connectivity index (χ2v) is 7.47. The maximum atomic E-state index is 6.50. The molecule has 0 amide bonds. The van der Waals surface area contributed by atoms with E-state index in [4.69, 9.17) is 5.73 Å². The fourth-order valence-corrected chi connectivity index (χ4v) is 3.86. The van der Waals surface area contributed by atoms with Gasteiger partial charge in [0.25, 0.3) is 0 Å². The summed E-state index contributed by atoms with van der Waals surface area (Å²) in [5, 5.41) is 0. The van der Waals surface area contributed by atoms with Gasteiger partial charge in [-0.05, 0) is 12.6 Å². The van der Waals surface area contributed by atoms with Gasteiger partial charge in [0.15, 0.2) is 11.6 Å². The minimum atomic E-state index is 0.721. The number of aromatic nitrogens is 2. The van der Waals surface area contributed by atoms with E-state index in [2.05, 4.69) is 66.9 Å². The molecule has 2 saturated heterocycles. The van der Waals surface area contributed by atoms with Crippen LogP contribution < -0.4 is 15.5 Å². The van der Waals surface area contributed by atoms with E-state index in [0.29, 0.717) is 0 Å². The van der Waals surface area contributed by atoms with Crippen LogP contribution in [0.15, 0.2) is 36.7 Å². The average molecular weight is 368 g/mol. The Morgan fingerprint density at radius 1 is 0.815 bits per heavy atom. The molecule has 2 N–H and O–H groups in total. The summed E-state index contributed by atoms with van der Waals surface area (Å²) in [7, 11) is 2.15. The zero-order chi connectivity index (χ0) is 18.6. The number of benzene rings is 1. The third kappa shape index (κ3) is 4.14. The summed E-state index contributed by atoms with van der Waals surface area (Å²) in [6.07, 6.45) is 1.66. The van der Waals surface area contributed by atoms with Gasteiger partial charge in [0.2, 0.25) is 0 Å². The van der Waals surface area contributed by atoms with E-state index in [9.17, 15) is 0 Å². The molecule has 7 nitrogen and oxygen atoms in total. The molecule has 3 heterocycles. The SMILES string of the molecule is CN1CCN(c2ncnc(N3CCN(Cc4ccccc4)CC3)c2N)CC1. The van der Waals surface area contributed by atoms with Crippen LogP contribution in [0.2, 0.25) is 0 Å². The van der Waals surface area contributed by atoms with Gasteiger partial charge in [0, 0.05) is 58.9 Å². The largest absolute Gasteiger partial charge is 0.393 e. The van der Waals surface area contributed by atoms with Crippen LogP contribution in [0, 0.1) is 0 Å². The van der Waals surface area contributed by atoms with Gasteiger partial charge in [-0.1, -0.05) is 30.3 Å². The molecule has 2 fully saturated rings. The molecule has 0 spiro atoms. The number of piperazine rings is 2. The minimum Gasteiger partial charge on any atom is -0.393 e. The fraction of sp³-hybridized carbons (Fsp3) is 0.500. The van der Waals surface area contributed by atoms with E-state index in [-0.39, 0.29) is 0 Å². The first-order valence-electron chi connectivity index (χ1n) is 9.76. The summed E-state index contributed by atoms with van der Waals surface area (Å²) in [5.74, 6) is 1.78. The standard InChI is InChI=1S/C20H29N7/c1-24-7-11-26(12-8-24)19-18(21)20(23-16-22-19)27-13-9-25(10-14-27)15-17-5-3-2-4-6-17/h2-6,16H,7-15,21H2,1H3. The maximum absolute atomic E-state index is 6.50. The Balaban J connectivity index is 1.40. The molecule has 0 saturated carbocycles. The smallest absolute Gasteiger partial charge is 0.157 e. The van der Waals surface area contributed by atoms with E-state index in [1.54, 1.807) is 6.33 Å². The number of likely N-dealkylation sites (N-methyl/N-ethyl adjacent to an activating group) is 1. The summed E-state index contributed by atoms with van der Waals surface area (Å²) < 4.78 is 0. The highest BCUT2D eigenvalue weighted by Gasteiger charge is 2.24. The molecule has 2 aromatic rings. The van der Waals surface area contributed by atoms with Crippen molar-refractivity contribution in [1.82, 2.24) is 19.8 Å². The lowest BCUT2D eigenvalue weighted by Gasteiger charge is -2.37. The van der Waals surface area contributed by atoms with E-state index in [0.717, 1.165) is 76.2 Å². The fourth-order valence-electron chi connectivity index (χ4n) is 3.86. The monoisotopic (exact) mass is 367 g/mol. The number of nitrogens with zero attached hydrogens (tertiary/aromatic N) is 6. The molecule has 0 unspecified atom stereocenters. The molecular weight excluding hydrogens is 338 g/mol. The van der Waals surface area contributed by atoms with Crippen molar-refractivity contribution in [3.05, 3.63) is 42.2 Å². The first-order chi connectivity index (χ1) is 13.2. The molecular formula is C20H29N7. The van der Waals surface area contributed by atoms with Crippen LogP contribution in [0.5, 0.6) is 0 Å². The van der Waals surface area contributed by atoms with E-state index in [1.165, 1.54) is 5.56 Å². The molecule has 0 atom stereocenters. The van der Waals surface area contributed by atoms with Crippen molar-refractivity contribution in [2.24, 2.45) is 0 Å². The molecule has 0 radical (unpaired) electrons. The van der Waals surface area contributed by atoms with Crippen LogP contribution in [-0.2, 0) is 6.54 Å². The highest BCUT2D eigenvalue weighted by molar-refractivity contribution is 5.76. The number of rotatable bonds is 4. The first-order valence-corrected chi connectivity index (χ1v) is 9.76. The predicted octanol–water partition coefficient (Wildman–Crippen LogP) is 1.13. The van der Waals surface area contributed by atoms with Crippen molar-refractivity contribution in [3.63, 3.8) is 0 Å². The second kappa shape index (κ2) is 8.10. The van der Waals surface area contributed by atoms with Crippen LogP contribution in [0.3, 0.4) is 0 Å². The Bertz CT molecular complexity index is 735. The topological polar surface area (TPSA) is 64.8 Å². The molecule has 144 valence electrons. The number of nitrogens with two attached hydrogens (primary N) is 1. The Labute approximate surface area is 161 Å². The number of anilines is 3. The summed E-state index contributed by atoms with van der Waals surface area (Å²) in [6, 6.07) is 10.7. The Hall–Kier alpha value is -2.38. The maximum Gasteiger partial charge on any atom is 0.157 e. The zero-order valence-electron chi connectivity index (χ0n) is 16.1. The van der Waals surface area contributed by atoms with Crippen LogP contribution in [0.1, 0.15) is 5.56 Å². The molecule has 27 heavy (non-hydrogen) atoms. The molecule has 1 aromatic carbocycles. The molecule has 0 bridgehead atoms.